The molecule has 2 aliphatic heterocycles. The lowest BCUT2D eigenvalue weighted by Gasteiger charge is -2.35. The highest BCUT2D eigenvalue weighted by Crippen LogP contribution is 2.33. The molecule has 0 amide bonds. The predicted molar refractivity (Wildman–Crippen MR) is 128 cm³/mol. The molecule has 3 rings (SSSR count). The van der Waals surface area contributed by atoms with Gasteiger partial charge in [0.2, 0.25) is 0 Å². The van der Waals surface area contributed by atoms with Crippen LogP contribution in [0.5, 0.6) is 0 Å². The lowest BCUT2D eigenvalue weighted by molar-refractivity contribution is -0.137. The van der Waals surface area contributed by atoms with Gasteiger partial charge in [0.05, 0.1) is 12.2 Å². The predicted octanol–water partition coefficient (Wildman–Crippen LogP) is 3.12. The second-order valence-electron chi connectivity index (χ2n) is 8.14. The van der Waals surface area contributed by atoms with Crippen LogP contribution in [0.4, 0.5) is 18.9 Å². The number of likely N-dealkylation sites (N-methyl/N-ethyl adjacent to an activating group) is 1. The van der Waals surface area contributed by atoms with Crippen LogP contribution in [0.15, 0.2) is 23.2 Å². The molecule has 10 heteroatoms. The van der Waals surface area contributed by atoms with Crippen molar-refractivity contribution in [3.05, 3.63) is 29.3 Å². The third-order valence-electron chi connectivity index (χ3n) is 5.82. The first-order chi connectivity index (χ1) is 14.3. The van der Waals surface area contributed by atoms with E-state index in [4.69, 9.17) is 4.74 Å². The van der Waals surface area contributed by atoms with E-state index in [9.17, 15) is 13.2 Å². The third-order valence-corrected chi connectivity index (χ3v) is 5.82. The zero-order valence-electron chi connectivity index (χ0n) is 18.4. The molecule has 0 spiro atoms. The molecule has 1 atom stereocenters. The fourth-order valence-corrected chi connectivity index (χ4v) is 4.02. The van der Waals surface area contributed by atoms with Crippen LogP contribution in [0, 0.1) is 5.92 Å². The normalized spacial score (nSPS) is 20.5. The number of benzene rings is 1. The van der Waals surface area contributed by atoms with Crippen molar-refractivity contribution in [2.45, 2.75) is 19.1 Å². The molecule has 2 fully saturated rings. The van der Waals surface area contributed by atoms with Gasteiger partial charge in [-0.05, 0) is 37.2 Å². The van der Waals surface area contributed by atoms with Crippen molar-refractivity contribution >= 4 is 35.6 Å². The molecule has 1 unspecified atom stereocenters. The van der Waals surface area contributed by atoms with Gasteiger partial charge in [-0.3, -0.25) is 4.99 Å². The Morgan fingerprint density at radius 1 is 1.26 bits per heavy atom. The lowest BCUT2D eigenvalue weighted by Crippen LogP contribution is -2.45. The second-order valence-corrected chi connectivity index (χ2v) is 8.14. The molecule has 2 heterocycles. The van der Waals surface area contributed by atoms with Crippen molar-refractivity contribution in [2.75, 3.05) is 72.0 Å². The van der Waals surface area contributed by atoms with Crippen LogP contribution in [0.25, 0.3) is 0 Å². The van der Waals surface area contributed by atoms with Crippen LogP contribution < -0.4 is 10.2 Å². The zero-order chi connectivity index (χ0) is 21.7. The van der Waals surface area contributed by atoms with Gasteiger partial charge in [-0.1, -0.05) is 0 Å². The van der Waals surface area contributed by atoms with Crippen LogP contribution >= 0.6 is 24.0 Å². The summed E-state index contributed by atoms with van der Waals surface area (Å²) in [6.07, 6.45) is -3.35. The Kier molecular flexibility index (Phi) is 9.68. The van der Waals surface area contributed by atoms with Gasteiger partial charge in [0, 0.05) is 71.6 Å². The van der Waals surface area contributed by atoms with Crippen LogP contribution in [0.1, 0.15) is 17.5 Å². The molecule has 0 aromatic heterocycles. The Bertz CT molecular complexity index is 732. The first kappa shape index (κ1) is 26.0. The maximum absolute atomic E-state index is 13.3. The summed E-state index contributed by atoms with van der Waals surface area (Å²) < 4.78 is 45.4. The first-order valence-corrected chi connectivity index (χ1v) is 10.4. The number of piperazine rings is 1. The smallest absolute Gasteiger partial charge is 0.381 e. The average Bonchev–Trinajstić information content (AvgIpc) is 3.21. The average molecular weight is 555 g/mol. The molecule has 31 heavy (non-hydrogen) atoms. The molecular weight excluding hydrogens is 522 g/mol. The van der Waals surface area contributed by atoms with E-state index < -0.39 is 11.7 Å². The highest BCUT2D eigenvalue weighted by molar-refractivity contribution is 14.0. The summed E-state index contributed by atoms with van der Waals surface area (Å²) in [5.74, 6) is 1.12. The summed E-state index contributed by atoms with van der Waals surface area (Å²) in [6, 6.07) is 4.05. The Labute approximate surface area is 199 Å². The van der Waals surface area contributed by atoms with Crippen molar-refractivity contribution in [2.24, 2.45) is 10.9 Å². The van der Waals surface area contributed by atoms with E-state index >= 15 is 0 Å². The number of rotatable bonds is 5. The van der Waals surface area contributed by atoms with E-state index in [0.717, 1.165) is 58.0 Å². The van der Waals surface area contributed by atoms with E-state index in [0.29, 0.717) is 17.4 Å². The van der Waals surface area contributed by atoms with E-state index in [2.05, 4.69) is 27.2 Å². The van der Waals surface area contributed by atoms with Crippen LogP contribution in [-0.4, -0.2) is 82.8 Å². The molecule has 1 N–H and O–H groups in total. The highest BCUT2D eigenvalue weighted by atomic mass is 127. The summed E-state index contributed by atoms with van der Waals surface area (Å²) >= 11 is 0. The number of halogens is 4. The Morgan fingerprint density at radius 2 is 1.97 bits per heavy atom. The van der Waals surface area contributed by atoms with Gasteiger partial charge in [-0.25, -0.2) is 0 Å². The molecule has 0 saturated carbocycles. The number of aliphatic imine (C=N–C) groups is 1. The molecule has 6 nitrogen and oxygen atoms in total. The standard InChI is InChI=1S/C21H32F3N5O.HI/c1-25-20(28(3)14-16-6-11-30-15-16)26-13-17-12-18(21(22,23)24)4-5-19(17)29-9-7-27(2)8-10-29;/h4-5,12,16H,6-11,13-15H2,1-3H3,(H,25,26);1H. The number of alkyl halides is 3. The maximum atomic E-state index is 13.3. The first-order valence-electron chi connectivity index (χ1n) is 10.4. The SMILES string of the molecule is CN=C(NCc1cc(C(F)(F)F)ccc1N1CCN(C)CC1)N(C)CC1CCOC1.I. The Balaban J connectivity index is 0.00000341. The van der Waals surface area contributed by atoms with Crippen molar-refractivity contribution in [1.82, 2.24) is 15.1 Å². The van der Waals surface area contributed by atoms with Gasteiger partial charge in [0.15, 0.2) is 5.96 Å². The summed E-state index contributed by atoms with van der Waals surface area (Å²) in [7, 11) is 5.69. The summed E-state index contributed by atoms with van der Waals surface area (Å²) in [5.41, 5.74) is 0.864. The van der Waals surface area contributed by atoms with E-state index in [1.807, 2.05) is 11.9 Å². The molecule has 1 aromatic rings. The minimum atomic E-state index is -4.36. The number of hydrogen-bond donors (Lipinski definition) is 1. The fourth-order valence-electron chi connectivity index (χ4n) is 4.02. The van der Waals surface area contributed by atoms with Gasteiger partial charge in [-0.15, -0.1) is 24.0 Å². The number of hydrogen-bond acceptors (Lipinski definition) is 4. The zero-order valence-corrected chi connectivity index (χ0v) is 20.7. The number of anilines is 1. The minimum Gasteiger partial charge on any atom is -0.381 e. The lowest BCUT2D eigenvalue weighted by atomic mass is 10.1. The number of guanidine groups is 1. The van der Waals surface area contributed by atoms with E-state index in [1.165, 1.54) is 12.1 Å². The van der Waals surface area contributed by atoms with Crippen molar-refractivity contribution in [1.29, 1.82) is 0 Å². The molecule has 0 radical (unpaired) electrons. The van der Waals surface area contributed by atoms with Crippen LogP contribution in [0.2, 0.25) is 0 Å². The molecule has 2 aliphatic rings. The van der Waals surface area contributed by atoms with Crippen molar-refractivity contribution < 1.29 is 17.9 Å². The highest BCUT2D eigenvalue weighted by Gasteiger charge is 2.31. The largest absolute Gasteiger partial charge is 0.416 e. The monoisotopic (exact) mass is 555 g/mol. The minimum absolute atomic E-state index is 0. The van der Waals surface area contributed by atoms with Gasteiger partial charge in [0.1, 0.15) is 0 Å². The molecule has 0 bridgehead atoms. The summed E-state index contributed by atoms with van der Waals surface area (Å²) in [6.45, 7) is 5.98. The van der Waals surface area contributed by atoms with Gasteiger partial charge in [0.25, 0.3) is 0 Å². The summed E-state index contributed by atoms with van der Waals surface area (Å²) in [5, 5.41) is 3.26. The molecule has 176 valence electrons. The fraction of sp³-hybridized carbons (Fsp3) is 0.667. The third kappa shape index (κ3) is 7.11. The quantitative estimate of drug-likeness (QED) is 0.344. The van der Waals surface area contributed by atoms with Gasteiger partial charge >= 0.3 is 6.18 Å². The molecule has 2 saturated heterocycles. The van der Waals surface area contributed by atoms with E-state index in [1.54, 1.807) is 13.1 Å². The number of nitrogens with one attached hydrogen (secondary N) is 1. The molecular formula is C21H33F3IN5O. The summed E-state index contributed by atoms with van der Waals surface area (Å²) in [4.78, 5) is 10.7. The van der Waals surface area contributed by atoms with Gasteiger partial charge in [-0.2, -0.15) is 13.2 Å². The van der Waals surface area contributed by atoms with Gasteiger partial charge < -0.3 is 24.8 Å². The maximum Gasteiger partial charge on any atom is 0.416 e. The molecule has 0 aliphatic carbocycles. The Morgan fingerprint density at radius 3 is 2.55 bits per heavy atom. The van der Waals surface area contributed by atoms with Crippen molar-refractivity contribution in [3.63, 3.8) is 0 Å². The van der Waals surface area contributed by atoms with E-state index in [-0.39, 0.29) is 30.5 Å². The number of ether oxygens (including phenoxy) is 1. The number of nitrogens with zero attached hydrogens (tertiary/aromatic N) is 4. The van der Waals surface area contributed by atoms with Crippen molar-refractivity contribution in [3.8, 4) is 0 Å². The topological polar surface area (TPSA) is 43.3 Å². The Hall–Kier alpha value is -1.27. The van der Waals surface area contributed by atoms with Crippen LogP contribution in [0.3, 0.4) is 0 Å². The second kappa shape index (κ2) is 11.6. The molecule has 1 aromatic carbocycles. The van der Waals surface area contributed by atoms with Crippen LogP contribution in [-0.2, 0) is 17.5 Å².